The summed E-state index contributed by atoms with van der Waals surface area (Å²) in [5, 5.41) is 0. The first-order valence-corrected chi connectivity index (χ1v) is 11.0. The van der Waals surface area contributed by atoms with Gasteiger partial charge in [-0.2, -0.15) is 4.31 Å². The van der Waals surface area contributed by atoms with Gasteiger partial charge in [-0.15, -0.1) is 0 Å². The van der Waals surface area contributed by atoms with Crippen LogP contribution in [0.5, 0.6) is 5.75 Å². The standard InChI is InChI=1S/C21H27N3O5S/c1-5-16-8-6-7-9-19(16)29-14-20(25)22-23-21(26)17-10-12-18(13-11-17)30(27,28)24(4)15(2)3/h6-13,15H,5,14H2,1-4H3,(H,22,25)(H,23,26). The maximum atomic E-state index is 12.5. The quantitative estimate of drug-likeness (QED) is 0.621. The van der Waals surface area contributed by atoms with Crippen molar-refractivity contribution in [3.63, 3.8) is 0 Å². The van der Waals surface area contributed by atoms with E-state index in [0.717, 1.165) is 12.0 Å². The lowest BCUT2D eigenvalue weighted by molar-refractivity contribution is -0.123. The summed E-state index contributed by atoms with van der Waals surface area (Å²) in [7, 11) is -2.13. The van der Waals surface area contributed by atoms with Gasteiger partial charge in [0.1, 0.15) is 5.75 Å². The number of sulfonamides is 1. The molecule has 2 amide bonds. The zero-order chi connectivity index (χ0) is 22.3. The molecular weight excluding hydrogens is 406 g/mol. The number of hydrogen-bond donors (Lipinski definition) is 2. The van der Waals surface area contributed by atoms with Crippen molar-refractivity contribution in [2.45, 2.75) is 38.1 Å². The van der Waals surface area contributed by atoms with E-state index >= 15 is 0 Å². The van der Waals surface area contributed by atoms with E-state index in [1.165, 1.54) is 35.6 Å². The molecule has 2 aromatic carbocycles. The number of aryl methyl sites for hydroxylation is 1. The number of nitrogens with one attached hydrogen (secondary N) is 2. The van der Waals surface area contributed by atoms with Crippen LogP contribution in [-0.2, 0) is 21.2 Å². The fraction of sp³-hybridized carbons (Fsp3) is 0.333. The fourth-order valence-corrected chi connectivity index (χ4v) is 3.90. The van der Waals surface area contributed by atoms with Gasteiger partial charge in [0, 0.05) is 18.7 Å². The van der Waals surface area contributed by atoms with Crippen LogP contribution >= 0.6 is 0 Å². The van der Waals surface area contributed by atoms with E-state index in [9.17, 15) is 18.0 Å². The smallest absolute Gasteiger partial charge is 0.276 e. The second kappa shape index (κ2) is 10.2. The first-order chi connectivity index (χ1) is 14.2. The minimum absolute atomic E-state index is 0.0854. The number of amides is 2. The molecule has 9 heteroatoms. The van der Waals surface area contributed by atoms with E-state index in [1.54, 1.807) is 19.9 Å². The maximum Gasteiger partial charge on any atom is 0.276 e. The highest BCUT2D eigenvalue weighted by atomic mass is 32.2. The van der Waals surface area contributed by atoms with Gasteiger partial charge in [0.05, 0.1) is 4.90 Å². The summed E-state index contributed by atoms with van der Waals surface area (Å²) in [6.07, 6.45) is 0.771. The highest BCUT2D eigenvalue weighted by molar-refractivity contribution is 7.89. The zero-order valence-electron chi connectivity index (χ0n) is 17.5. The van der Waals surface area contributed by atoms with Crippen molar-refractivity contribution >= 4 is 21.8 Å². The summed E-state index contributed by atoms with van der Waals surface area (Å²) < 4.78 is 31.7. The van der Waals surface area contributed by atoms with E-state index in [0.29, 0.717) is 5.75 Å². The predicted octanol–water partition coefficient (Wildman–Crippen LogP) is 2.12. The number of nitrogens with zero attached hydrogens (tertiary/aromatic N) is 1. The number of benzene rings is 2. The lowest BCUT2D eigenvalue weighted by Gasteiger charge is -2.21. The van der Waals surface area contributed by atoms with Gasteiger partial charge in [-0.1, -0.05) is 25.1 Å². The summed E-state index contributed by atoms with van der Waals surface area (Å²) >= 11 is 0. The van der Waals surface area contributed by atoms with Crippen LogP contribution in [0.4, 0.5) is 0 Å². The first-order valence-electron chi connectivity index (χ1n) is 9.54. The molecule has 0 heterocycles. The molecule has 8 nitrogen and oxygen atoms in total. The van der Waals surface area contributed by atoms with Gasteiger partial charge in [0.2, 0.25) is 10.0 Å². The summed E-state index contributed by atoms with van der Waals surface area (Å²) in [6.45, 7) is 5.27. The van der Waals surface area contributed by atoms with E-state index < -0.39 is 21.8 Å². The molecule has 0 aliphatic rings. The molecule has 162 valence electrons. The van der Waals surface area contributed by atoms with Crippen LogP contribution in [0.3, 0.4) is 0 Å². The average Bonchev–Trinajstić information content (AvgIpc) is 2.75. The van der Waals surface area contributed by atoms with Gasteiger partial charge in [-0.25, -0.2) is 8.42 Å². The molecule has 2 rings (SSSR count). The lowest BCUT2D eigenvalue weighted by atomic mass is 10.1. The third-order valence-corrected chi connectivity index (χ3v) is 6.60. The van der Waals surface area contributed by atoms with Crippen molar-refractivity contribution in [2.24, 2.45) is 0 Å². The SMILES string of the molecule is CCc1ccccc1OCC(=O)NNC(=O)c1ccc(S(=O)(=O)N(C)C(C)C)cc1. The van der Waals surface area contributed by atoms with Gasteiger partial charge in [-0.3, -0.25) is 20.4 Å². The second-order valence-electron chi connectivity index (χ2n) is 6.89. The Kier molecular flexibility index (Phi) is 7.96. The predicted molar refractivity (Wildman–Crippen MR) is 113 cm³/mol. The van der Waals surface area contributed by atoms with Crippen molar-refractivity contribution in [1.82, 2.24) is 15.2 Å². The van der Waals surface area contributed by atoms with Crippen LogP contribution in [0.2, 0.25) is 0 Å². The third kappa shape index (κ3) is 5.80. The molecule has 0 aliphatic heterocycles. The van der Waals surface area contributed by atoms with E-state index in [4.69, 9.17) is 4.74 Å². The highest BCUT2D eigenvalue weighted by Crippen LogP contribution is 2.18. The Bertz CT molecular complexity index is 988. The normalized spacial score (nSPS) is 11.4. The van der Waals surface area contributed by atoms with Gasteiger partial charge < -0.3 is 4.74 Å². The Labute approximate surface area is 177 Å². The number of carbonyl (C=O) groups is 2. The third-order valence-electron chi connectivity index (χ3n) is 4.55. The zero-order valence-corrected chi connectivity index (χ0v) is 18.3. The van der Waals surface area contributed by atoms with Crippen LogP contribution in [0.25, 0.3) is 0 Å². The molecule has 0 aliphatic carbocycles. The molecule has 0 saturated heterocycles. The van der Waals surface area contributed by atoms with Crippen LogP contribution < -0.4 is 15.6 Å². The largest absolute Gasteiger partial charge is 0.483 e. The highest BCUT2D eigenvalue weighted by Gasteiger charge is 2.23. The molecule has 0 fully saturated rings. The minimum atomic E-state index is -3.63. The van der Waals surface area contributed by atoms with Crippen molar-refractivity contribution in [3.05, 3.63) is 59.7 Å². The van der Waals surface area contributed by atoms with Crippen LogP contribution in [0.1, 0.15) is 36.7 Å². The van der Waals surface area contributed by atoms with Crippen LogP contribution in [0.15, 0.2) is 53.4 Å². The van der Waals surface area contributed by atoms with Gasteiger partial charge in [0.25, 0.3) is 11.8 Å². The van der Waals surface area contributed by atoms with Crippen LogP contribution in [0, 0.1) is 0 Å². The van der Waals surface area contributed by atoms with Gasteiger partial charge in [-0.05, 0) is 56.2 Å². The number of rotatable bonds is 8. The van der Waals surface area contributed by atoms with Gasteiger partial charge >= 0.3 is 0 Å². The topological polar surface area (TPSA) is 105 Å². The number of carbonyl (C=O) groups excluding carboxylic acids is 2. The molecule has 2 aromatic rings. The molecule has 0 radical (unpaired) electrons. The minimum Gasteiger partial charge on any atom is -0.483 e. The summed E-state index contributed by atoms with van der Waals surface area (Å²) in [5.41, 5.74) is 5.75. The summed E-state index contributed by atoms with van der Waals surface area (Å²) in [5.74, 6) is -0.477. The number of ether oxygens (including phenoxy) is 1. The van der Waals surface area contributed by atoms with E-state index in [1.807, 2.05) is 25.1 Å². The van der Waals surface area contributed by atoms with E-state index in [-0.39, 0.29) is 23.1 Å². The second-order valence-corrected chi connectivity index (χ2v) is 8.89. The number of hydrogen-bond acceptors (Lipinski definition) is 5. The van der Waals surface area contributed by atoms with Crippen molar-refractivity contribution in [3.8, 4) is 5.75 Å². The first kappa shape index (κ1) is 23.4. The number of hydrazine groups is 1. The van der Waals surface area contributed by atoms with Crippen molar-refractivity contribution in [1.29, 1.82) is 0 Å². The van der Waals surface area contributed by atoms with Crippen LogP contribution in [-0.4, -0.2) is 44.2 Å². The molecule has 0 aromatic heterocycles. The lowest BCUT2D eigenvalue weighted by Crippen LogP contribution is -2.43. The molecule has 0 unspecified atom stereocenters. The molecule has 2 N–H and O–H groups in total. The monoisotopic (exact) mass is 433 g/mol. The Morgan fingerprint density at radius 1 is 1.03 bits per heavy atom. The molecule has 0 atom stereocenters. The molecule has 0 bridgehead atoms. The molecule has 0 saturated carbocycles. The van der Waals surface area contributed by atoms with E-state index in [2.05, 4.69) is 10.9 Å². The Morgan fingerprint density at radius 3 is 2.27 bits per heavy atom. The molecule has 0 spiro atoms. The van der Waals surface area contributed by atoms with Crippen molar-refractivity contribution in [2.75, 3.05) is 13.7 Å². The maximum absolute atomic E-state index is 12.5. The van der Waals surface area contributed by atoms with Gasteiger partial charge in [0.15, 0.2) is 6.61 Å². The summed E-state index contributed by atoms with van der Waals surface area (Å²) in [6, 6.07) is 12.7. The average molecular weight is 434 g/mol. The fourth-order valence-electron chi connectivity index (χ4n) is 2.54. The molecule has 30 heavy (non-hydrogen) atoms. The Balaban J connectivity index is 1.91. The summed E-state index contributed by atoms with van der Waals surface area (Å²) in [4.78, 5) is 24.2. The Hall–Kier alpha value is -2.91. The number of para-hydroxylation sites is 1. The molecular formula is C21H27N3O5S. The van der Waals surface area contributed by atoms with Crippen molar-refractivity contribution < 1.29 is 22.7 Å². The Morgan fingerprint density at radius 2 is 1.67 bits per heavy atom.